The summed E-state index contributed by atoms with van der Waals surface area (Å²) in [5.41, 5.74) is 2.14. The minimum atomic E-state index is -0.565. The van der Waals surface area contributed by atoms with Crippen molar-refractivity contribution in [3.63, 3.8) is 0 Å². The summed E-state index contributed by atoms with van der Waals surface area (Å²) in [6.45, 7) is 1.04. The molecule has 1 aliphatic rings. The third-order valence-corrected chi connectivity index (χ3v) is 4.90. The van der Waals surface area contributed by atoms with E-state index < -0.39 is 18.6 Å². The largest absolute Gasteiger partial charge is 0.493 e. The van der Waals surface area contributed by atoms with Gasteiger partial charge in [0.05, 0.1) is 26.7 Å². The predicted molar refractivity (Wildman–Crippen MR) is 110 cm³/mol. The van der Waals surface area contributed by atoms with E-state index in [-0.39, 0.29) is 18.1 Å². The molecule has 0 saturated heterocycles. The predicted octanol–water partition coefficient (Wildman–Crippen LogP) is 3.39. The maximum atomic E-state index is 12.5. The fourth-order valence-electron chi connectivity index (χ4n) is 3.37. The molecule has 30 heavy (non-hydrogen) atoms. The van der Waals surface area contributed by atoms with Crippen molar-refractivity contribution in [2.75, 3.05) is 20.8 Å². The summed E-state index contributed by atoms with van der Waals surface area (Å²) in [7, 11) is 2.98. The van der Waals surface area contributed by atoms with Gasteiger partial charge in [-0.05, 0) is 35.4 Å². The average molecular weight is 409 g/mol. The Kier molecular flexibility index (Phi) is 6.51. The van der Waals surface area contributed by atoms with Gasteiger partial charge in [-0.25, -0.2) is 0 Å². The summed E-state index contributed by atoms with van der Waals surface area (Å²) >= 11 is 0. The van der Waals surface area contributed by atoms with Crippen LogP contribution in [-0.4, -0.2) is 43.4 Å². The lowest BCUT2D eigenvalue weighted by Gasteiger charge is -2.32. The molecule has 0 radical (unpaired) electrons. The average Bonchev–Trinajstić information content (AvgIpc) is 2.76. The minimum Gasteiger partial charge on any atom is -0.493 e. The van der Waals surface area contributed by atoms with Crippen LogP contribution >= 0.6 is 0 Å². The van der Waals surface area contributed by atoms with E-state index in [0.29, 0.717) is 17.1 Å². The van der Waals surface area contributed by atoms with Crippen molar-refractivity contribution in [1.82, 2.24) is 4.90 Å². The highest BCUT2D eigenvalue weighted by Crippen LogP contribution is 2.33. The molecule has 0 aliphatic carbocycles. The summed E-state index contributed by atoms with van der Waals surface area (Å²) in [5, 5.41) is 0. The van der Waals surface area contributed by atoms with Crippen LogP contribution in [0.5, 0.6) is 11.5 Å². The first-order valence-corrected chi connectivity index (χ1v) is 9.41. The molecule has 1 heterocycles. The molecule has 0 N–H and O–H groups in total. The summed E-state index contributed by atoms with van der Waals surface area (Å²) < 4.78 is 15.6. The Morgan fingerprint density at radius 2 is 1.73 bits per heavy atom. The second-order valence-corrected chi connectivity index (χ2v) is 6.74. The van der Waals surface area contributed by atoms with E-state index in [0.717, 1.165) is 11.1 Å². The maximum Gasteiger partial charge on any atom is 0.308 e. The van der Waals surface area contributed by atoms with Crippen molar-refractivity contribution < 1.29 is 28.6 Å². The van der Waals surface area contributed by atoms with E-state index >= 15 is 0 Å². The van der Waals surface area contributed by atoms with Gasteiger partial charge in [-0.15, -0.1) is 0 Å². The molecule has 2 aromatic rings. The zero-order valence-corrected chi connectivity index (χ0v) is 17.1. The quantitative estimate of drug-likeness (QED) is 0.515. The van der Waals surface area contributed by atoms with E-state index in [1.807, 2.05) is 30.3 Å². The number of hydrogen-bond donors (Lipinski definition) is 0. The number of hydrogen-bond acceptors (Lipinski definition) is 6. The molecule has 0 fully saturated rings. The van der Waals surface area contributed by atoms with Crippen LogP contribution in [0.2, 0.25) is 0 Å². The van der Waals surface area contributed by atoms with Crippen LogP contribution in [0.25, 0.3) is 6.08 Å². The van der Waals surface area contributed by atoms with Gasteiger partial charge in [-0.3, -0.25) is 14.4 Å². The summed E-state index contributed by atoms with van der Waals surface area (Å²) in [5.74, 6) is -0.196. The molecule has 0 spiro atoms. The van der Waals surface area contributed by atoms with Crippen molar-refractivity contribution in [2.45, 2.75) is 19.4 Å². The Morgan fingerprint density at radius 1 is 1.00 bits per heavy atom. The van der Waals surface area contributed by atoms with Gasteiger partial charge in [0.1, 0.15) is 0 Å². The molecule has 0 saturated carbocycles. The topological polar surface area (TPSA) is 82.1 Å². The summed E-state index contributed by atoms with van der Waals surface area (Å²) in [6.07, 6.45) is 3.44. The highest BCUT2D eigenvalue weighted by Gasteiger charge is 2.29. The number of amides is 1. The number of benzene rings is 2. The molecule has 1 aliphatic heterocycles. The zero-order valence-electron chi connectivity index (χ0n) is 17.1. The molecule has 0 aromatic heterocycles. The molecule has 156 valence electrons. The lowest BCUT2D eigenvalue weighted by molar-refractivity contribution is -0.144. The van der Waals surface area contributed by atoms with Crippen LogP contribution < -0.4 is 9.47 Å². The molecular formula is C23H23NO6. The number of fused-ring (bicyclic) bond motifs is 1. The first-order chi connectivity index (χ1) is 14.4. The molecule has 7 heteroatoms. The van der Waals surface area contributed by atoms with Crippen molar-refractivity contribution in [2.24, 2.45) is 0 Å². The second kappa shape index (κ2) is 9.26. The Hall–Kier alpha value is -3.61. The van der Waals surface area contributed by atoms with Crippen molar-refractivity contribution in [1.29, 1.82) is 0 Å². The van der Waals surface area contributed by atoms with Crippen LogP contribution in [0.1, 0.15) is 40.9 Å². The Balaban J connectivity index is 1.67. The van der Waals surface area contributed by atoms with Crippen LogP contribution in [0.4, 0.5) is 0 Å². The highest BCUT2D eigenvalue weighted by atomic mass is 16.5. The monoisotopic (exact) mass is 409 g/mol. The number of ketones is 1. The summed E-state index contributed by atoms with van der Waals surface area (Å²) in [6, 6.07) is 11.8. The van der Waals surface area contributed by atoms with Gasteiger partial charge in [0.2, 0.25) is 5.91 Å². The Labute approximate surface area is 174 Å². The minimum absolute atomic E-state index is 0.0554. The van der Waals surface area contributed by atoms with E-state index in [1.165, 1.54) is 32.1 Å². The smallest absolute Gasteiger partial charge is 0.308 e. The van der Waals surface area contributed by atoms with Crippen LogP contribution in [0.15, 0.2) is 48.7 Å². The van der Waals surface area contributed by atoms with Gasteiger partial charge in [0, 0.05) is 18.7 Å². The van der Waals surface area contributed by atoms with Gasteiger partial charge >= 0.3 is 5.97 Å². The zero-order chi connectivity index (χ0) is 21.7. The number of carbonyl (C=O) groups is 3. The van der Waals surface area contributed by atoms with E-state index in [1.54, 1.807) is 18.3 Å². The van der Waals surface area contributed by atoms with Crippen LogP contribution in [-0.2, 0) is 14.3 Å². The van der Waals surface area contributed by atoms with Gasteiger partial charge < -0.3 is 19.1 Å². The van der Waals surface area contributed by atoms with Crippen LogP contribution in [0.3, 0.4) is 0 Å². The Bertz CT molecular complexity index is 997. The van der Waals surface area contributed by atoms with E-state index in [2.05, 4.69) is 0 Å². The van der Waals surface area contributed by atoms with E-state index in [9.17, 15) is 14.4 Å². The number of Topliss-reactive ketones (excluding diaryl/α,β-unsaturated/α-hetero) is 1. The normalized spacial score (nSPS) is 14.6. The lowest BCUT2D eigenvalue weighted by atomic mass is 9.94. The Morgan fingerprint density at radius 3 is 2.43 bits per heavy atom. The summed E-state index contributed by atoms with van der Waals surface area (Å²) in [4.78, 5) is 38.4. The molecule has 3 rings (SSSR count). The standard InChI is InChI=1S/C23H23NO6/c1-15(25)24-11-10-16-6-4-5-7-18(16)19(24)13-23(27)30-14-20(26)17-8-9-21(28-2)22(12-17)29-3/h4-12,19H,13-14H2,1-3H3/t19-/m0/s1. The molecule has 1 atom stereocenters. The fourth-order valence-corrected chi connectivity index (χ4v) is 3.37. The van der Waals surface area contributed by atoms with Gasteiger partial charge in [0.25, 0.3) is 0 Å². The van der Waals surface area contributed by atoms with Gasteiger partial charge in [0.15, 0.2) is 23.9 Å². The van der Waals surface area contributed by atoms with Crippen molar-refractivity contribution in [3.8, 4) is 11.5 Å². The molecule has 0 unspecified atom stereocenters. The van der Waals surface area contributed by atoms with Crippen molar-refractivity contribution in [3.05, 3.63) is 65.4 Å². The number of esters is 1. The number of nitrogens with zero attached hydrogens (tertiary/aromatic N) is 1. The fraction of sp³-hybridized carbons (Fsp3) is 0.261. The van der Waals surface area contributed by atoms with Crippen LogP contribution in [0, 0.1) is 0 Å². The third-order valence-electron chi connectivity index (χ3n) is 4.90. The molecule has 0 bridgehead atoms. The lowest BCUT2D eigenvalue weighted by Crippen LogP contribution is -2.32. The molecular weight excluding hydrogens is 386 g/mol. The molecule has 7 nitrogen and oxygen atoms in total. The second-order valence-electron chi connectivity index (χ2n) is 6.74. The third kappa shape index (κ3) is 4.51. The SMILES string of the molecule is COc1ccc(C(=O)COC(=O)C[C@H]2c3ccccc3C=CN2C(C)=O)cc1OC. The molecule has 2 aromatic carbocycles. The molecule has 1 amide bonds. The number of ether oxygens (including phenoxy) is 3. The number of methoxy groups -OCH3 is 2. The van der Waals surface area contributed by atoms with Gasteiger partial charge in [-0.2, -0.15) is 0 Å². The van der Waals surface area contributed by atoms with Gasteiger partial charge in [-0.1, -0.05) is 24.3 Å². The first kappa shape index (κ1) is 21.1. The first-order valence-electron chi connectivity index (χ1n) is 9.41. The highest BCUT2D eigenvalue weighted by molar-refractivity contribution is 5.98. The number of carbonyl (C=O) groups excluding carboxylic acids is 3. The number of rotatable bonds is 7. The maximum absolute atomic E-state index is 12.5. The van der Waals surface area contributed by atoms with Crippen molar-refractivity contribution >= 4 is 23.7 Å². The van der Waals surface area contributed by atoms with E-state index in [4.69, 9.17) is 14.2 Å².